The molecule has 6 aromatic carbocycles. The van der Waals surface area contributed by atoms with Gasteiger partial charge >= 0.3 is 0 Å². The van der Waals surface area contributed by atoms with Gasteiger partial charge in [-0.25, -0.2) is 4.57 Å². The zero-order chi connectivity index (χ0) is 35.3. The highest BCUT2D eigenvalue weighted by Crippen LogP contribution is 2.36. The molecule has 0 unspecified atom stereocenters. The van der Waals surface area contributed by atoms with Crippen LogP contribution in [0, 0.1) is 0 Å². The first-order chi connectivity index (χ1) is 25.5. The van der Waals surface area contributed by atoms with E-state index in [2.05, 4.69) is 56.5 Å². The molecule has 9 rings (SSSR count). The van der Waals surface area contributed by atoms with Gasteiger partial charge in [-0.15, -0.1) is 10.2 Å². The number of nitrogens with one attached hydrogen (secondary N) is 1. The van der Waals surface area contributed by atoms with Crippen LogP contribution in [0.25, 0.3) is 55.7 Å². The minimum atomic E-state index is -0.593. The molecular weight excluding hydrogens is 653 g/mol. The van der Waals surface area contributed by atoms with E-state index in [0.717, 1.165) is 32.9 Å². The predicted molar refractivity (Wildman–Crippen MR) is 203 cm³/mol. The summed E-state index contributed by atoms with van der Waals surface area (Å²) < 4.78 is 3.03. The number of hydrogen-bond acceptors (Lipinski definition) is 7. The number of rotatable bonds is 7. The van der Waals surface area contributed by atoms with Crippen LogP contribution in [0.3, 0.4) is 0 Å². The third kappa shape index (κ3) is 4.97. The lowest BCUT2D eigenvalue weighted by atomic mass is 10.1. The second-order valence-corrected chi connectivity index (χ2v) is 12.3. The number of fused-ring (bicyclic) bond motifs is 2. The molecule has 3 heterocycles. The van der Waals surface area contributed by atoms with E-state index in [9.17, 15) is 19.2 Å². The monoisotopic (exact) mass is 678 g/mol. The zero-order valence-electron chi connectivity index (χ0n) is 27.3. The van der Waals surface area contributed by atoms with Crippen molar-refractivity contribution in [2.24, 2.45) is 0 Å². The number of para-hydroxylation sites is 2. The molecule has 0 radical (unpaired) electrons. The summed E-state index contributed by atoms with van der Waals surface area (Å²) in [6.07, 6.45) is 0. The first-order valence-electron chi connectivity index (χ1n) is 16.5. The standard InChI is InChI=1S/C42H26N6O4/c49-39-33-24-35-36(25-34(33)40(50)43-39)42(52)48(41(35)51)32-18-16-27(17-19-32)38-45-44-37(26-10-4-1-5-11-26)47(38)31-22-20-30(21-23-31)46(28-12-6-2-7-13-28)29-14-8-3-9-15-29/h1-25H,(H,43,49,50). The van der Waals surface area contributed by atoms with Crippen molar-refractivity contribution in [2.45, 2.75) is 0 Å². The highest BCUT2D eigenvalue weighted by Gasteiger charge is 2.21. The van der Waals surface area contributed by atoms with Crippen LogP contribution in [-0.4, -0.2) is 24.3 Å². The Hall–Kier alpha value is -7.46. The lowest BCUT2D eigenvalue weighted by molar-refractivity contribution is 0.990. The Labute approximate surface area is 294 Å². The fraction of sp³-hybridized carbons (Fsp3) is 0. The first-order valence-corrected chi connectivity index (χ1v) is 16.5. The Morgan fingerprint density at radius 1 is 0.423 bits per heavy atom. The third-order valence-corrected chi connectivity index (χ3v) is 9.21. The lowest BCUT2D eigenvalue weighted by Crippen LogP contribution is -2.23. The molecule has 0 saturated carbocycles. The molecule has 10 nitrogen and oxygen atoms in total. The fourth-order valence-electron chi connectivity index (χ4n) is 6.74. The van der Waals surface area contributed by atoms with Gasteiger partial charge in [0.1, 0.15) is 0 Å². The number of nitrogens with zero attached hydrogens (tertiary/aromatic N) is 5. The molecule has 0 spiro atoms. The van der Waals surface area contributed by atoms with Gasteiger partial charge in [-0.05, 0) is 84.9 Å². The van der Waals surface area contributed by atoms with E-state index in [1.165, 1.54) is 12.1 Å². The van der Waals surface area contributed by atoms with E-state index < -0.39 is 22.2 Å². The molecule has 0 fully saturated rings. The van der Waals surface area contributed by atoms with E-state index in [0.29, 0.717) is 22.9 Å². The summed E-state index contributed by atoms with van der Waals surface area (Å²) in [7, 11) is 0. The molecule has 0 aliphatic rings. The molecule has 0 atom stereocenters. The number of anilines is 3. The van der Waals surface area contributed by atoms with Crippen molar-refractivity contribution in [3.63, 3.8) is 0 Å². The highest BCUT2D eigenvalue weighted by atomic mass is 16.2. The number of aromatic amines is 1. The SMILES string of the molecule is O=c1[nH]c(=O)c2cc3c(=O)n(-c4ccc(-c5nnc(-c6ccccc6)n5-c5ccc(N(c6ccccc6)c6ccccc6)cc5)cc4)c(=O)c3cc12. The topological polar surface area (TPSA) is 123 Å². The Morgan fingerprint density at radius 3 is 1.33 bits per heavy atom. The van der Waals surface area contributed by atoms with Crippen LogP contribution >= 0.6 is 0 Å². The average Bonchev–Trinajstić information content (AvgIpc) is 3.83. The van der Waals surface area contributed by atoms with Crippen molar-refractivity contribution < 1.29 is 0 Å². The van der Waals surface area contributed by atoms with Crippen LogP contribution in [0.5, 0.6) is 0 Å². The molecule has 0 aliphatic carbocycles. The maximum Gasteiger partial charge on any atom is 0.266 e. The zero-order valence-corrected chi connectivity index (χ0v) is 27.3. The van der Waals surface area contributed by atoms with Gasteiger partial charge in [0.15, 0.2) is 11.6 Å². The molecule has 9 aromatic rings. The molecular formula is C42H26N6O4. The van der Waals surface area contributed by atoms with Crippen LogP contribution in [0.15, 0.2) is 171 Å². The molecule has 0 bridgehead atoms. The maximum atomic E-state index is 13.5. The van der Waals surface area contributed by atoms with Crippen molar-refractivity contribution in [2.75, 3.05) is 4.90 Å². The predicted octanol–water partition coefficient (Wildman–Crippen LogP) is 6.81. The van der Waals surface area contributed by atoms with Crippen LogP contribution in [0.4, 0.5) is 17.1 Å². The molecule has 248 valence electrons. The summed E-state index contributed by atoms with van der Waals surface area (Å²) in [5, 5.41) is 9.54. The molecule has 0 saturated heterocycles. The lowest BCUT2D eigenvalue weighted by Gasteiger charge is -2.25. The van der Waals surface area contributed by atoms with Gasteiger partial charge in [0, 0.05) is 33.9 Å². The molecule has 10 heteroatoms. The molecule has 0 amide bonds. The van der Waals surface area contributed by atoms with Gasteiger partial charge in [-0.1, -0.05) is 66.7 Å². The average molecular weight is 679 g/mol. The van der Waals surface area contributed by atoms with Gasteiger partial charge in [0.25, 0.3) is 22.2 Å². The summed E-state index contributed by atoms with van der Waals surface area (Å²) in [6.45, 7) is 0. The van der Waals surface area contributed by atoms with Gasteiger partial charge in [-0.3, -0.25) is 28.7 Å². The van der Waals surface area contributed by atoms with Crippen molar-refractivity contribution >= 4 is 38.6 Å². The van der Waals surface area contributed by atoms with Crippen LogP contribution in [-0.2, 0) is 0 Å². The first kappa shape index (κ1) is 30.6. The maximum absolute atomic E-state index is 13.5. The summed E-state index contributed by atoms with van der Waals surface area (Å²) >= 11 is 0. The second kappa shape index (κ2) is 12.1. The van der Waals surface area contributed by atoms with Gasteiger partial charge in [0.2, 0.25) is 0 Å². The quantitative estimate of drug-likeness (QED) is 0.196. The van der Waals surface area contributed by atoms with E-state index in [4.69, 9.17) is 0 Å². The highest BCUT2D eigenvalue weighted by molar-refractivity contribution is 5.98. The summed E-state index contributed by atoms with van der Waals surface area (Å²) in [5.41, 5.74) is 3.44. The Kier molecular flexibility index (Phi) is 7.15. The Morgan fingerprint density at radius 2 is 0.827 bits per heavy atom. The van der Waals surface area contributed by atoms with Crippen LogP contribution in [0.2, 0.25) is 0 Å². The summed E-state index contributed by atoms with van der Waals surface area (Å²) in [5.74, 6) is 1.20. The van der Waals surface area contributed by atoms with Crippen LogP contribution in [0.1, 0.15) is 0 Å². The van der Waals surface area contributed by atoms with E-state index in [1.54, 1.807) is 24.3 Å². The van der Waals surface area contributed by atoms with E-state index >= 15 is 0 Å². The largest absolute Gasteiger partial charge is 0.311 e. The smallest absolute Gasteiger partial charge is 0.266 e. The van der Waals surface area contributed by atoms with Crippen molar-refractivity contribution in [3.8, 4) is 34.2 Å². The number of aromatic nitrogens is 5. The van der Waals surface area contributed by atoms with Crippen LogP contribution < -0.4 is 27.1 Å². The van der Waals surface area contributed by atoms with Gasteiger partial charge in [0.05, 0.1) is 27.2 Å². The third-order valence-electron chi connectivity index (χ3n) is 9.21. The van der Waals surface area contributed by atoms with E-state index in [-0.39, 0.29) is 21.5 Å². The minimum Gasteiger partial charge on any atom is -0.311 e. The van der Waals surface area contributed by atoms with E-state index in [1.807, 2.05) is 83.4 Å². The summed E-state index contributed by atoms with van der Waals surface area (Å²) in [4.78, 5) is 55.8. The fourth-order valence-corrected chi connectivity index (χ4v) is 6.74. The Balaban J connectivity index is 1.14. The minimum absolute atomic E-state index is 0.0754. The normalized spacial score (nSPS) is 11.4. The van der Waals surface area contributed by atoms with Gasteiger partial charge < -0.3 is 4.90 Å². The molecule has 1 N–H and O–H groups in total. The molecule has 0 aliphatic heterocycles. The number of hydrogen-bond donors (Lipinski definition) is 1. The van der Waals surface area contributed by atoms with Crippen molar-refractivity contribution in [3.05, 3.63) is 193 Å². The van der Waals surface area contributed by atoms with Crippen molar-refractivity contribution in [1.29, 1.82) is 0 Å². The number of H-pyrrole nitrogens is 1. The Bertz CT molecular complexity index is 2850. The summed E-state index contributed by atoms with van der Waals surface area (Å²) in [6, 6.07) is 47.9. The van der Waals surface area contributed by atoms with Crippen molar-refractivity contribution in [1.82, 2.24) is 24.3 Å². The second-order valence-electron chi connectivity index (χ2n) is 12.3. The molecule has 3 aromatic heterocycles. The van der Waals surface area contributed by atoms with Gasteiger partial charge in [-0.2, -0.15) is 0 Å². The molecule has 52 heavy (non-hydrogen) atoms. The number of benzene rings is 6.